The highest BCUT2D eigenvalue weighted by Gasteiger charge is 2.19. The predicted molar refractivity (Wildman–Crippen MR) is 76.4 cm³/mol. The number of aromatic nitrogens is 4. The third-order valence-corrected chi connectivity index (χ3v) is 4.14. The lowest BCUT2D eigenvalue weighted by Gasteiger charge is -2.08. The third-order valence-electron chi connectivity index (χ3n) is 2.76. The van der Waals surface area contributed by atoms with Crippen molar-refractivity contribution < 1.29 is 12.8 Å². The van der Waals surface area contributed by atoms with Gasteiger partial charge in [0, 0.05) is 18.5 Å². The number of halogens is 1. The third kappa shape index (κ3) is 2.79. The van der Waals surface area contributed by atoms with E-state index in [0.717, 1.165) is 6.07 Å². The first-order chi connectivity index (χ1) is 10.6. The van der Waals surface area contributed by atoms with Crippen molar-refractivity contribution in [2.24, 2.45) is 0 Å². The van der Waals surface area contributed by atoms with Gasteiger partial charge in [-0.25, -0.2) is 27.5 Å². The molecule has 2 heterocycles. The van der Waals surface area contributed by atoms with Crippen LogP contribution >= 0.6 is 0 Å². The molecule has 7 nitrogen and oxygen atoms in total. The molecule has 0 aliphatic rings. The maximum Gasteiger partial charge on any atom is 0.265 e. The van der Waals surface area contributed by atoms with Crippen LogP contribution in [0.5, 0.6) is 0 Å². The van der Waals surface area contributed by atoms with Gasteiger partial charge in [0.25, 0.3) is 10.0 Å². The smallest absolute Gasteiger partial charge is 0.263 e. The molecular weight excluding hydrogens is 309 g/mol. The summed E-state index contributed by atoms with van der Waals surface area (Å²) in [6, 6.07) is 8.19. The van der Waals surface area contributed by atoms with Crippen molar-refractivity contribution in [2.75, 3.05) is 4.72 Å². The van der Waals surface area contributed by atoms with E-state index in [1.165, 1.54) is 35.3 Å². The topological polar surface area (TPSA) is 89.8 Å². The van der Waals surface area contributed by atoms with E-state index in [0.29, 0.717) is 5.82 Å². The van der Waals surface area contributed by atoms with Gasteiger partial charge in [0.15, 0.2) is 5.82 Å². The van der Waals surface area contributed by atoms with Crippen molar-refractivity contribution in [3.8, 4) is 5.82 Å². The molecule has 0 unspecified atom stereocenters. The molecule has 9 heteroatoms. The summed E-state index contributed by atoms with van der Waals surface area (Å²) in [5, 5.41) is 3.99. The van der Waals surface area contributed by atoms with Gasteiger partial charge >= 0.3 is 0 Å². The molecule has 0 aliphatic heterocycles. The van der Waals surface area contributed by atoms with E-state index in [1.807, 2.05) is 0 Å². The second-order valence-electron chi connectivity index (χ2n) is 4.25. The summed E-state index contributed by atoms with van der Waals surface area (Å²) < 4.78 is 41.7. The molecule has 0 radical (unpaired) electrons. The van der Waals surface area contributed by atoms with E-state index in [9.17, 15) is 12.8 Å². The normalized spacial score (nSPS) is 11.3. The summed E-state index contributed by atoms with van der Waals surface area (Å²) in [6.45, 7) is 0. The quantitative estimate of drug-likeness (QED) is 0.789. The van der Waals surface area contributed by atoms with Crippen LogP contribution in [0.25, 0.3) is 5.82 Å². The van der Waals surface area contributed by atoms with Crippen molar-refractivity contribution in [1.29, 1.82) is 0 Å². The minimum absolute atomic E-state index is 0.0174. The van der Waals surface area contributed by atoms with Gasteiger partial charge in [-0.05, 0) is 18.2 Å². The Balaban J connectivity index is 1.93. The molecular formula is C13H10FN5O2S. The van der Waals surface area contributed by atoms with Gasteiger partial charge in [-0.1, -0.05) is 12.1 Å². The number of hydrogen-bond acceptors (Lipinski definition) is 5. The predicted octanol–water partition coefficient (Wildman–Crippen LogP) is 1.60. The minimum atomic E-state index is -4.07. The monoisotopic (exact) mass is 319 g/mol. The van der Waals surface area contributed by atoms with Crippen molar-refractivity contribution in [3.05, 3.63) is 60.9 Å². The Hall–Kier alpha value is -2.81. The molecule has 0 saturated carbocycles. The van der Waals surface area contributed by atoms with Crippen LogP contribution in [0.15, 0.2) is 60.0 Å². The lowest BCUT2D eigenvalue weighted by atomic mass is 10.4. The molecule has 3 rings (SSSR count). The van der Waals surface area contributed by atoms with Gasteiger partial charge in [-0.3, -0.25) is 4.72 Å². The van der Waals surface area contributed by atoms with E-state index >= 15 is 0 Å². The van der Waals surface area contributed by atoms with E-state index in [4.69, 9.17) is 0 Å². The Bertz CT molecular complexity index is 896. The fourth-order valence-corrected chi connectivity index (χ4v) is 2.87. The maximum atomic E-state index is 13.6. The van der Waals surface area contributed by atoms with Gasteiger partial charge < -0.3 is 0 Å². The second kappa shape index (κ2) is 5.53. The molecule has 0 amide bonds. The molecule has 22 heavy (non-hydrogen) atoms. The zero-order chi connectivity index (χ0) is 15.6. The molecule has 0 spiro atoms. The summed E-state index contributed by atoms with van der Waals surface area (Å²) in [5.41, 5.74) is 0. The number of rotatable bonds is 4. The molecule has 0 fully saturated rings. The van der Waals surface area contributed by atoms with Crippen LogP contribution in [0.2, 0.25) is 0 Å². The van der Waals surface area contributed by atoms with Gasteiger partial charge in [-0.15, -0.1) is 0 Å². The standard InChI is InChI=1S/C13H10FN5O2S/c14-10-4-1-2-5-11(10)22(20,21)18-12-8-13(16-9-15-12)19-7-3-6-17-19/h1-9H,(H,15,16,18). The number of nitrogens with zero attached hydrogens (tertiary/aromatic N) is 4. The molecule has 2 aromatic heterocycles. The van der Waals surface area contributed by atoms with Crippen molar-refractivity contribution in [1.82, 2.24) is 19.7 Å². The first-order valence-corrected chi connectivity index (χ1v) is 7.64. The summed E-state index contributed by atoms with van der Waals surface area (Å²) in [6.07, 6.45) is 4.40. The van der Waals surface area contributed by atoms with Crippen molar-refractivity contribution in [2.45, 2.75) is 4.90 Å². The number of sulfonamides is 1. The minimum Gasteiger partial charge on any atom is -0.263 e. The average Bonchev–Trinajstić information content (AvgIpc) is 3.01. The van der Waals surface area contributed by atoms with E-state index < -0.39 is 20.7 Å². The first kappa shape index (κ1) is 14.1. The lowest BCUT2D eigenvalue weighted by molar-refractivity contribution is 0.570. The zero-order valence-corrected chi connectivity index (χ0v) is 11.9. The van der Waals surface area contributed by atoms with Gasteiger partial charge in [-0.2, -0.15) is 5.10 Å². The van der Waals surface area contributed by atoms with Crippen LogP contribution in [0.1, 0.15) is 0 Å². The molecule has 0 bridgehead atoms. The maximum absolute atomic E-state index is 13.6. The van der Waals surface area contributed by atoms with Gasteiger partial charge in [0.05, 0.1) is 0 Å². The van der Waals surface area contributed by atoms with E-state index in [1.54, 1.807) is 18.5 Å². The Morgan fingerprint density at radius 3 is 2.68 bits per heavy atom. The Morgan fingerprint density at radius 2 is 1.95 bits per heavy atom. The highest BCUT2D eigenvalue weighted by molar-refractivity contribution is 7.92. The summed E-state index contributed by atoms with van der Waals surface area (Å²) >= 11 is 0. The average molecular weight is 319 g/mol. The van der Waals surface area contributed by atoms with Crippen LogP contribution in [0.4, 0.5) is 10.2 Å². The van der Waals surface area contributed by atoms with Gasteiger partial charge in [0.1, 0.15) is 22.9 Å². The number of benzene rings is 1. The van der Waals surface area contributed by atoms with Crippen LogP contribution in [0, 0.1) is 5.82 Å². The fraction of sp³-hybridized carbons (Fsp3) is 0. The zero-order valence-electron chi connectivity index (χ0n) is 11.1. The van der Waals surface area contributed by atoms with Gasteiger partial charge in [0.2, 0.25) is 0 Å². The second-order valence-corrected chi connectivity index (χ2v) is 5.90. The van der Waals surface area contributed by atoms with E-state index in [-0.39, 0.29) is 5.82 Å². The molecule has 0 aliphatic carbocycles. The highest BCUT2D eigenvalue weighted by Crippen LogP contribution is 2.18. The summed E-state index contributed by atoms with van der Waals surface area (Å²) in [5.74, 6) is -0.439. The molecule has 3 aromatic rings. The summed E-state index contributed by atoms with van der Waals surface area (Å²) in [7, 11) is -4.07. The number of hydrogen-bond donors (Lipinski definition) is 1. The van der Waals surface area contributed by atoms with Crippen LogP contribution in [-0.2, 0) is 10.0 Å². The van der Waals surface area contributed by atoms with E-state index in [2.05, 4.69) is 19.8 Å². The van der Waals surface area contributed by atoms with Crippen LogP contribution in [0.3, 0.4) is 0 Å². The Kier molecular flexibility index (Phi) is 3.55. The molecule has 112 valence electrons. The molecule has 1 N–H and O–H groups in total. The SMILES string of the molecule is O=S(=O)(Nc1cc(-n2cccn2)ncn1)c1ccccc1F. The van der Waals surface area contributed by atoms with Crippen molar-refractivity contribution >= 4 is 15.8 Å². The number of nitrogens with one attached hydrogen (secondary N) is 1. The summed E-state index contributed by atoms with van der Waals surface area (Å²) in [4.78, 5) is 7.36. The fourth-order valence-electron chi connectivity index (χ4n) is 1.79. The Labute approximate surface area is 125 Å². The molecule has 0 saturated heterocycles. The van der Waals surface area contributed by atoms with Crippen LogP contribution in [-0.4, -0.2) is 28.2 Å². The highest BCUT2D eigenvalue weighted by atomic mass is 32.2. The first-order valence-electron chi connectivity index (χ1n) is 6.16. The number of anilines is 1. The molecule has 0 atom stereocenters. The Morgan fingerprint density at radius 1 is 1.14 bits per heavy atom. The molecule has 1 aromatic carbocycles. The van der Waals surface area contributed by atoms with Crippen LogP contribution < -0.4 is 4.72 Å². The lowest BCUT2D eigenvalue weighted by Crippen LogP contribution is -2.16. The van der Waals surface area contributed by atoms with Crippen molar-refractivity contribution in [3.63, 3.8) is 0 Å². The largest absolute Gasteiger partial charge is 0.265 e.